The number of ether oxygens (including phenoxy) is 1. The number of nitrogens with zero attached hydrogens (tertiary/aromatic N) is 2. The molecule has 1 heterocycles. The molecule has 0 fully saturated rings. The molecule has 1 aromatic heterocycles. The maximum atomic E-state index is 12.9. The average molecular weight is 382 g/mol. The highest BCUT2D eigenvalue weighted by Crippen LogP contribution is 2.38. The van der Waals surface area contributed by atoms with Gasteiger partial charge < -0.3 is 4.74 Å². The third-order valence-corrected chi connectivity index (χ3v) is 6.05. The van der Waals surface area contributed by atoms with Crippen molar-refractivity contribution >= 4 is 15.7 Å². The van der Waals surface area contributed by atoms with E-state index in [4.69, 9.17) is 4.74 Å². The normalized spacial score (nSPS) is 11.2. The standard InChI is InChI=1S/C21H22N2O3S/c1-3-27(24,25)23(16-17-9-8-14-22-15-17)20-12-6-4-10-18(20)19-11-5-7-13-21(19)26-2/h4-15H,3,16H2,1-2H3. The van der Waals surface area contributed by atoms with Crippen LogP contribution in [-0.2, 0) is 16.6 Å². The molecular formula is C21H22N2O3S. The van der Waals surface area contributed by atoms with Gasteiger partial charge >= 0.3 is 0 Å². The number of para-hydroxylation sites is 2. The predicted octanol–water partition coefficient (Wildman–Crippen LogP) is 4.11. The Labute approximate surface area is 160 Å². The van der Waals surface area contributed by atoms with Crippen LogP contribution >= 0.6 is 0 Å². The van der Waals surface area contributed by atoms with E-state index in [1.807, 2.05) is 54.6 Å². The molecule has 0 aliphatic heterocycles. The van der Waals surface area contributed by atoms with E-state index in [0.29, 0.717) is 11.4 Å². The highest BCUT2D eigenvalue weighted by molar-refractivity contribution is 7.92. The molecule has 0 amide bonds. The zero-order valence-corrected chi connectivity index (χ0v) is 16.2. The Bertz CT molecular complexity index is 1000. The molecule has 0 radical (unpaired) electrons. The van der Waals surface area contributed by atoms with Crippen LogP contribution in [0.4, 0.5) is 5.69 Å². The third-order valence-electron chi connectivity index (χ3n) is 4.32. The molecule has 140 valence electrons. The number of hydrogen-bond donors (Lipinski definition) is 0. The monoisotopic (exact) mass is 382 g/mol. The van der Waals surface area contributed by atoms with Gasteiger partial charge in [-0.1, -0.05) is 42.5 Å². The Hall–Kier alpha value is -2.86. The lowest BCUT2D eigenvalue weighted by atomic mass is 10.0. The van der Waals surface area contributed by atoms with Crippen LogP contribution in [0.15, 0.2) is 73.1 Å². The van der Waals surface area contributed by atoms with Gasteiger partial charge in [0.05, 0.1) is 25.1 Å². The fourth-order valence-electron chi connectivity index (χ4n) is 2.93. The zero-order chi connectivity index (χ0) is 19.3. The summed E-state index contributed by atoms with van der Waals surface area (Å²) >= 11 is 0. The van der Waals surface area contributed by atoms with Gasteiger partial charge in [-0.05, 0) is 30.7 Å². The zero-order valence-electron chi connectivity index (χ0n) is 15.4. The molecule has 0 spiro atoms. The first-order chi connectivity index (χ1) is 13.1. The Morgan fingerprint density at radius 1 is 0.963 bits per heavy atom. The molecular weight excluding hydrogens is 360 g/mol. The van der Waals surface area contributed by atoms with Crippen molar-refractivity contribution in [2.24, 2.45) is 0 Å². The molecule has 3 rings (SSSR count). The Morgan fingerprint density at radius 3 is 2.33 bits per heavy atom. The van der Waals surface area contributed by atoms with E-state index in [9.17, 15) is 8.42 Å². The van der Waals surface area contributed by atoms with Gasteiger partial charge in [0.2, 0.25) is 10.0 Å². The van der Waals surface area contributed by atoms with E-state index in [1.54, 1.807) is 32.5 Å². The van der Waals surface area contributed by atoms with Crippen LogP contribution < -0.4 is 9.04 Å². The minimum atomic E-state index is -3.50. The molecule has 0 atom stereocenters. The van der Waals surface area contributed by atoms with Gasteiger partial charge in [0.1, 0.15) is 5.75 Å². The van der Waals surface area contributed by atoms with Gasteiger partial charge in [-0.15, -0.1) is 0 Å². The van der Waals surface area contributed by atoms with Crippen LogP contribution in [0.2, 0.25) is 0 Å². The van der Waals surface area contributed by atoms with E-state index in [-0.39, 0.29) is 12.3 Å². The number of sulfonamides is 1. The second-order valence-corrected chi connectivity index (χ2v) is 8.17. The van der Waals surface area contributed by atoms with Crippen molar-refractivity contribution in [3.63, 3.8) is 0 Å². The van der Waals surface area contributed by atoms with Gasteiger partial charge in [0.15, 0.2) is 0 Å². The molecule has 3 aromatic rings. The number of pyridine rings is 1. The number of methoxy groups -OCH3 is 1. The molecule has 6 heteroatoms. The van der Waals surface area contributed by atoms with E-state index >= 15 is 0 Å². The topological polar surface area (TPSA) is 59.5 Å². The molecule has 0 unspecified atom stereocenters. The lowest BCUT2D eigenvalue weighted by molar-refractivity contribution is 0.416. The summed E-state index contributed by atoms with van der Waals surface area (Å²) in [5, 5.41) is 0. The van der Waals surface area contributed by atoms with Crippen molar-refractivity contribution in [2.45, 2.75) is 13.5 Å². The van der Waals surface area contributed by atoms with Crippen molar-refractivity contribution in [2.75, 3.05) is 17.2 Å². The third kappa shape index (κ3) is 4.11. The second-order valence-electron chi connectivity index (χ2n) is 5.99. The van der Waals surface area contributed by atoms with Crippen LogP contribution in [0.25, 0.3) is 11.1 Å². The lowest BCUT2D eigenvalue weighted by Gasteiger charge is -2.26. The van der Waals surface area contributed by atoms with E-state index in [0.717, 1.165) is 16.7 Å². The number of benzene rings is 2. The summed E-state index contributed by atoms with van der Waals surface area (Å²) in [5.74, 6) is 0.702. The van der Waals surface area contributed by atoms with Crippen LogP contribution in [0.3, 0.4) is 0 Å². The molecule has 0 aliphatic rings. The second kappa shape index (κ2) is 8.22. The van der Waals surface area contributed by atoms with Crippen molar-refractivity contribution in [3.8, 4) is 16.9 Å². The molecule has 2 aromatic carbocycles. The van der Waals surface area contributed by atoms with Crippen molar-refractivity contribution in [1.82, 2.24) is 4.98 Å². The molecule has 0 bridgehead atoms. The van der Waals surface area contributed by atoms with Crippen LogP contribution in [-0.4, -0.2) is 26.3 Å². The van der Waals surface area contributed by atoms with E-state index in [1.165, 1.54) is 4.31 Å². The van der Waals surface area contributed by atoms with Gasteiger partial charge in [-0.3, -0.25) is 9.29 Å². The summed E-state index contributed by atoms with van der Waals surface area (Å²) in [7, 11) is -1.89. The Kier molecular flexibility index (Phi) is 5.76. The molecule has 5 nitrogen and oxygen atoms in total. The maximum absolute atomic E-state index is 12.9. The summed E-state index contributed by atoms with van der Waals surface area (Å²) in [5.41, 5.74) is 3.09. The molecule has 0 saturated carbocycles. The summed E-state index contributed by atoms with van der Waals surface area (Å²) < 4.78 is 32.8. The minimum Gasteiger partial charge on any atom is -0.496 e. The Balaban J connectivity index is 2.16. The fourth-order valence-corrected chi connectivity index (χ4v) is 4.05. The first-order valence-corrected chi connectivity index (χ1v) is 10.3. The lowest BCUT2D eigenvalue weighted by Crippen LogP contribution is -2.32. The molecule has 0 N–H and O–H groups in total. The molecule has 0 saturated heterocycles. The number of hydrogen-bond acceptors (Lipinski definition) is 4. The maximum Gasteiger partial charge on any atom is 0.235 e. The highest BCUT2D eigenvalue weighted by Gasteiger charge is 2.24. The van der Waals surface area contributed by atoms with Gasteiger partial charge in [-0.2, -0.15) is 0 Å². The van der Waals surface area contributed by atoms with Crippen LogP contribution in [0.5, 0.6) is 5.75 Å². The first kappa shape index (κ1) is 18.9. The van der Waals surface area contributed by atoms with Gasteiger partial charge in [-0.25, -0.2) is 8.42 Å². The van der Waals surface area contributed by atoms with Gasteiger partial charge in [0.25, 0.3) is 0 Å². The van der Waals surface area contributed by atoms with E-state index < -0.39 is 10.0 Å². The summed E-state index contributed by atoms with van der Waals surface area (Å²) in [6, 6.07) is 18.7. The van der Waals surface area contributed by atoms with Crippen molar-refractivity contribution < 1.29 is 13.2 Å². The number of rotatable bonds is 7. The van der Waals surface area contributed by atoms with Crippen molar-refractivity contribution in [1.29, 1.82) is 0 Å². The van der Waals surface area contributed by atoms with Crippen LogP contribution in [0.1, 0.15) is 12.5 Å². The summed E-state index contributed by atoms with van der Waals surface area (Å²) in [4.78, 5) is 4.11. The predicted molar refractivity (Wildman–Crippen MR) is 108 cm³/mol. The average Bonchev–Trinajstić information content (AvgIpc) is 2.72. The Morgan fingerprint density at radius 2 is 1.67 bits per heavy atom. The number of aromatic nitrogens is 1. The quantitative estimate of drug-likeness (QED) is 0.617. The minimum absolute atomic E-state index is 0.00746. The summed E-state index contributed by atoms with van der Waals surface area (Å²) in [6.45, 7) is 1.87. The highest BCUT2D eigenvalue weighted by atomic mass is 32.2. The van der Waals surface area contributed by atoms with Crippen molar-refractivity contribution in [3.05, 3.63) is 78.6 Å². The molecule has 0 aliphatic carbocycles. The smallest absolute Gasteiger partial charge is 0.235 e. The first-order valence-electron chi connectivity index (χ1n) is 8.68. The van der Waals surface area contributed by atoms with E-state index in [2.05, 4.69) is 4.98 Å². The summed E-state index contributed by atoms with van der Waals surface area (Å²) in [6.07, 6.45) is 3.36. The fraction of sp³-hybridized carbons (Fsp3) is 0.190. The number of anilines is 1. The van der Waals surface area contributed by atoms with Gasteiger partial charge in [0, 0.05) is 23.5 Å². The van der Waals surface area contributed by atoms with Crippen LogP contribution in [0, 0.1) is 0 Å². The molecule has 27 heavy (non-hydrogen) atoms. The SMILES string of the molecule is CCS(=O)(=O)N(Cc1cccnc1)c1ccccc1-c1ccccc1OC. The largest absolute Gasteiger partial charge is 0.496 e.